The Morgan fingerprint density at radius 1 is 1.22 bits per heavy atom. The lowest BCUT2D eigenvalue weighted by Gasteiger charge is -2.61. The molecule has 3 saturated carbocycles. The monoisotopic (exact) mass is 375 g/mol. The number of methoxy groups -OCH3 is 1. The molecule has 0 amide bonds. The highest BCUT2D eigenvalue weighted by Crippen LogP contribution is 2.61. The van der Waals surface area contributed by atoms with Crippen molar-refractivity contribution in [1.82, 2.24) is 4.98 Å². The second-order valence-electron chi connectivity index (χ2n) is 8.69. The molecule has 6 heteroatoms. The Morgan fingerprint density at radius 3 is 2.41 bits per heavy atom. The Morgan fingerprint density at radius 2 is 1.89 bits per heavy atom. The zero-order chi connectivity index (χ0) is 20.1. The van der Waals surface area contributed by atoms with E-state index in [1.54, 1.807) is 6.92 Å². The topological polar surface area (TPSA) is 85.5 Å². The first-order valence-electron chi connectivity index (χ1n) is 9.58. The fraction of sp³-hybridized carbons (Fsp3) is 0.667. The van der Waals surface area contributed by atoms with Crippen molar-refractivity contribution in [3.8, 4) is 0 Å². The average molecular weight is 375 g/mol. The molecule has 0 saturated heterocycles. The van der Waals surface area contributed by atoms with E-state index in [0.29, 0.717) is 40.1 Å². The number of Topliss-reactive ketones (excluding diaryl/α,β-unsaturated/α-hetero) is 1. The van der Waals surface area contributed by atoms with Crippen LogP contribution in [0.2, 0.25) is 0 Å². The van der Waals surface area contributed by atoms with E-state index in [4.69, 9.17) is 9.47 Å². The number of ether oxygens (including phenoxy) is 2. The number of H-pyrrole nitrogens is 1. The fourth-order valence-electron chi connectivity index (χ4n) is 5.13. The van der Waals surface area contributed by atoms with Gasteiger partial charge >= 0.3 is 11.9 Å². The van der Waals surface area contributed by atoms with Crippen molar-refractivity contribution in [3.63, 3.8) is 0 Å². The molecule has 27 heavy (non-hydrogen) atoms. The maximum absolute atomic E-state index is 12.6. The van der Waals surface area contributed by atoms with Gasteiger partial charge in [0.15, 0.2) is 5.78 Å². The number of aromatic amines is 1. The summed E-state index contributed by atoms with van der Waals surface area (Å²) in [6.07, 6.45) is 1.94. The zero-order valence-electron chi connectivity index (χ0n) is 17.0. The summed E-state index contributed by atoms with van der Waals surface area (Å²) >= 11 is 0. The first kappa shape index (κ1) is 19.6. The predicted octanol–water partition coefficient (Wildman–Crippen LogP) is 3.47. The summed E-state index contributed by atoms with van der Waals surface area (Å²) in [5, 5.41) is 0. The number of esters is 2. The highest BCUT2D eigenvalue weighted by atomic mass is 16.5. The number of hydrogen-bond donors (Lipinski definition) is 1. The lowest BCUT2D eigenvalue weighted by atomic mass is 9.45. The summed E-state index contributed by atoms with van der Waals surface area (Å²) in [6.45, 7) is 9.85. The second kappa shape index (κ2) is 6.80. The van der Waals surface area contributed by atoms with Crippen LogP contribution in [-0.4, -0.2) is 35.9 Å². The van der Waals surface area contributed by atoms with Gasteiger partial charge in [-0.05, 0) is 48.5 Å². The van der Waals surface area contributed by atoms with Gasteiger partial charge in [0, 0.05) is 12.6 Å². The van der Waals surface area contributed by atoms with Gasteiger partial charge in [-0.25, -0.2) is 4.79 Å². The highest BCUT2D eigenvalue weighted by molar-refractivity contribution is 6.01. The molecule has 1 aromatic heterocycles. The molecule has 3 fully saturated rings. The molecular weight excluding hydrogens is 346 g/mol. The quantitative estimate of drug-likeness (QED) is 0.629. The summed E-state index contributed by atoms with van der Waals surface area (Å²) < 4.78 is 10.6. The molecule has 2 bridgehead atoms. The van der Waals surface area contributed by atoms with Crippen molar-refractivity contribution in [2.24, 2.45) is 23.2 Å². The number of aromatic nitrogens is 1. The molecule has 1 aromatic rings. The molecule has 0 unspecified atom stereocenters. The molecule has 4 atom stereocenters. The summed E-state index contributed by atoms with van der Waals surface area (Å²) in [4.78, 5) is 39.4. The summed E-state index contributed by atoms with van der Waals surface area (Å²) in [6, 6.07) is 0. The smallest absolute Gasteiger partial charge is 0.339 e. The minimum Gasteiger partial charge on any atom is -0.465 e. The van der Waals surface area contributed by atoms with E-state index < -0.39 is 5.97 Å². The van der Waals surface area contributed by atoms with Gasteiger partial charge in [-0.1, -0.05) is 20.8 Å². The highest BCUT2D eigenvalue weighted by Gasteiger charge is 2.57. The van der Waals surface area contributed by atoms with Crippen LogP contribution < -0.4 is 0 Å². The molecule has 6 nitrogen and oxygen atoms in total. The third kappa shape index (κ3) is 3.19. The van der Waals surface area contributed by atoms with Crippen LogP contribution in [0.3, 0.4) is 0 Å². The van der Waals surface area contributed by atoms with E-state index in [0.717, 1.165) is 6.42 Å². The van der Waals surface area contributed by atoms with Crippen molar-refractivity contribution in [2.45, 2.75) is 60.0 Å². The lowest BCUT2D eigenvalue weighted by molar-refractivity contribution is -0.185. The Balaban J connectivity index is 1.74. The largest absolute Gasteiger partial charge is 0.465 e. The molecule has 0 radical (unpaired) electrons. The summed E-state index contributed by atoms with van der Waals surface area (Å²) in [5.74, 6) is 0.365. The van der Waals surface area contributed by atoms with E-state index >= 15 is 0 Å². The molecule has 1 N–H and O–H groups in total. The third-order valence-corrected chi connectivity index (χ3v) is 6.96. The van der Waals surface area contributed by atoms with Gasteiger partial charge in [-0.2, -0.15) is 0 Å². The number of rotatable bonds is 5. The number of ketones is 1. The van der Waals surface area contributed by atoms with Crippen LogP contribution >= 0.6 is 0 Å². The zero-order valence-corrected chi connectivity index (χ0v) is 17.0. The van der Waals surface area contributed by atoms with Crippen LogP contribution in [0.4, 0.5) is 0 Å². The van der Waals surface area contributed by atoms with E-state index in [9.17, 15) is 14.4 Å². The van der Waals surface area contributed by atoms with Crippen molar-refractivity contribution >= 4 is 17.7 Å². The van der Waals surface area contributed by atoms with Crippen LogP contribution in [0.25, 0.3) is 0 Å². The Bertz CT molecular complexity index is 791. The van der Waals surface area contributed by atoms with E-state index in [-0.39, 0.29) is 29.8 Å². The van der Waals surface area contributed by atoms with Gasteiger partial charge in [-0.15, -0.1) is 0 Å². The minimum atomic E-state index is -0.562. The van der Waals surface area contributed by atoms with E-state index in [1.165, 1.54) is 20.5 Å². The second-order valence-corrected chi connectivity index (χ2v) is 8.69. The van der Waals surface area contributed by atoms with Crippen molar-refractivity contribution in [2.75, 3.05) is 7.11 Å². The van der Waals surface area contributed by atoms with E-state index in [2.05, 4.69) is 25.8 Å². The fourth-order valence-corrected chi connectivity index (χ4v) is 5.13. The molecule has 0 aromatic carbocycles. The molecule has 0 aliphatic heterocycles. The molecular formula is C21H29NO5. The number of hydrogen-bond acceptors (Lipinski definition) is 5. The summed E-state index contributed by atoms with van der Waals surface area (Å²) in [5.41, 5.74) is 1.79. The van der Waals surface area contributed by atoms with Gasteiger partial charge in [0.2, 0.25) is 0 Å². The Hall–Kier alpha value is -2.11. The SMILES string of the molecule is COC(=O)c1c(CC(=O)O[C@@H]2C[C@H]3C[C@@H]([C@@H]2C)C3(C)C)[nH]c(C(C)=O)c1C. The molecule has 1 heterocycles. The van der Waals surface area contributed by atoms with Crippen LogP contribution in [0.5, 0.6) is 0 Å². The first-order valence-corrected chi connectivity index (χ1v) is 9.58. The number of carbonyl (C=O) groups excluding carboxylic acids is 3. The van der Waals surface area contributed by atoms with Crippen LogP contribution in [0.1, 0.15) is 72.6 Å². The first-order chi connectivity index (χ1) is 12.6. The standard InChI is InChI=1S/C21H29NO5/c1-10-14-7-13(21(14,4)5)8-16(10)27-17(24)9-15-18(20(25)26-6)11(2)19(22-15)12(3)23/h10,13-14,16,22H,7-9H2,1-6H3/t10-,13+,14-,16+/m0/s1. The van der Waals surface area contributed by atoms with Gasteiger partial charge in [0.1, 0.15) is 6.10 Å². The van der Waals surface area contributed by atoms with Crippen molar-refractivity contribution in [3.05, 3.63) is 22.5 Å². The van der Waals surface area contributed by atoms with Crippen LogP contribution in [0, 0.1) is 30.1 Å². The van der Waals surface area contributed by atoms with Crippen molar-refractivity contribution < 1.29 is 23.9 Å². The summed E-state index contributed by atoms with van der Waals surface area (Å²) in [7, 11) is 1.28. The Labute approximate surface area is 160 Å². The van der Waals surface area contributed by atoms with Crippen LogP contribution in [-0.2, 0) is 20.7 Å². The van der Waals surface area contributed by atoms with Crippen LogP contribution in [0.15, 0.2) is 0 Å². The normalized spacial score (nSPS) is 28.2. The lowest BCUT2D eigenvalue weighted by Crippen LogP contribution is -2.57. The number of nitrogens with one attached hydrogen (secondary N) is 1. The minimum absolute atomic E-state index is 0.0828. The number of carbonyl (C=O) groups is 3. The van der Waals surface area contributed by atoms with Gasteiger partial charge in [0.25, 0.3) is 0 Å². The average Bonchev–Trinajstić information content (AvgIpc) is 2.91. The number of fused-ring (bicyclic) bond motifs is 2. The predicted molar refractivity (Wildman–Crippen MR) is 99.6 cm³/mol. The maximum Gasteiger partial charge on any atom is 0.339 e. The Kier molecular flexibility index (Phi) is 4.95. The van der Waals surface area contributed by atoms with Gasteiger partial charge < -0.3 is 14.5 Å². The third-order valence-electron chi connectivity index (χ3n) is 6.96. The van der Waals surface area contributed by atoms with Gasteiger partial charge in [-0.3, -0.25) is 9.59 Å². The maximum atomic E-state index is 12.6. The molecule has 148 valence electrons. The molecule has 3 aliphatic rings. The molecule has 4 rings (SSSR count). The molecule has 3 aliphatic carbocycles. The van der Waals surface area contributed by atoms with Gasteiger partial charge in [0.05, 0.1) is 24.8 Å². The molecule has 0 spiro atoms. The van der Waals surface area contributed by atoms with Crippen molar-refractivity contribution in [1.29, 1.82) is 0 Å². The van der Waals surface area contributed by atoms with E-state index in [1.807, 2.05) is 0 Å².